The molecule has 1 unspecified atom stereocenters. The van der Waals surface area contributed by atoms with Crippen molar-refractivity contribution in [2.45, 2.75) is 123 Å². The van der Waals surface area contributed by atoms with Crippen LogP contribution in [-0.4, -0.2) is 24.6 Å². The Bertz CT molecular complexity index is 341. The van der Waals surface area contributed by atoms with Crippen LogP contribution in [0, 0.1) is 0 Å². The normalized spacial score (nSPS) is 12.0. The Kier molecular flexibility index (Phi) is 18.0. The van der Waals surface area contributed by atoms with E-state index < -0.39 is 0 Å². The van der Waals surface area contributed by atoms with Gasteiger partial charge in [-0.15, -0.1) is 0 Å². The topological polar surface area (TPSA) is 52.6 Å². The minimum atomic E-state index is -0.361. The Morgan fingerprint density at radius 1 is 0.654 bits per heavy atom. The Hall–Kier alpha value is -1.06. The number of rotatable bonds is 18. The average molecular weight is 371 g/mol. The Morgan fingerprint density at radius 3 is 1.58 bits per heavy atom. The van der Waals surface area contributed by atoms with Gasteiger partial charge in [-0.3, -0.25) is 9.59 Å². The van der Waals surface area contributed by atoms with E-state index in [1.165, 1.54) is 57.8 Å². The van der Waals surface area contributed by atoms with Crippen LogP contribution < -0.4 is 0 Å². The van der Waals surface area contributed by atoms with Crippen molar-refractivity contribution in [2.24, 2.45) is 0 Å². The van der Waals surface area contributed by atoms with E-state index in [2.05, 4.69) is 13.8 Å². The second kappa shape index (κ2) is 18.7. The van der Waals surface area contributed by atoms with Crippen molar-refractivity contribution < 1.29 is 19.1 Å². The van der Waals surface area contributed by atoms with Crippen LogP contribution in [-0.2, 0) is 19.1 Å². The van der Waals surface area contributed by atoms with Crippen molar-refractivity contribution in [3.63, 3.8) is 0 Å². The molecule has 0 saturated heterocycles. The van der Waals surface area contributed by atoms with E-state index >= 15 is 0 Å². The zero-order valence-electron chi connectivity index (χ0n) is 17.5. The van der Waals surface area contributed by atoms with E-state index in [1.807, 2.05) is 0 Å². The van der Waals surface area contributed by atoms with Gasteiger partial charge in [0.05, 0.1) is 0 Å². The summed E-state index contributed by atoms with van der Waals surface area (Å²) in [6.07, 6.45) is 15.7. The SMILES string of the molecule is CCCCCCCCCC(=O)OC(C)COC(=O)CCCCCCCC. The number of carbonyl (C=O) groups excluding carboxylic acids is 2. The molecule has 0 aliphatic rings. The maximum atomic E-state index is 11.8. The van der Waals surface area contributed by atoms with Gasteiger partial charge >= 0.3 is 11.9 Å². The van der Waals surface area contributed by atoms with Crippen LogP contribution in [0.4, 0.5) is 0 Å². The third-order valence-corrected chi connectivity index (χ3v) is 4.53. The number of carbonyl (C=O) groups is 2. The lowest BCUT2D eigenvalue weighted by Gasteiger charge is -2.13. The molecule has 0 aliphatic carbocycles. The zero-order valence-corrected chi connectivity index (χ0v) is 17.5. The van der Waals surface area contributed by atoms with Crippen LogP contribution in [0.5, 0.6) is 0 Å². The van der Waals surface area contributed by atoms with Crippen molar-refractivity contribution in [2.75, 3.05) is 6.61 Å². The van der Waals surface area contributed by atoms with Crippen molar-refractivity contribution in [3.8, 4) is 0 Å². The summed E-state index contributed by atoms with van der Waals surface area (Å²) in [6.45, 7) is 6.35. The van der Waals surface area contributed by atoms with Crippen LogP contribution in [0.15, 0.2) is 0 Å². The highest BCUT2D eigenvalue weighted by atomic mass is 16.6. The molecule has 4 nitrogen and oxygen atoms in total. The van der Waals surface area contributed by atoms with Crippen molar-refractivity contribution in [1.82, 2.24) is 0 Å². The van der Waals surface area contributed by atoms with Crippen LogP contribution in [0.1, 0.15) is 117 Å². The molecule has 0 aliphatic heterocycles. The molecule has 0 saturated carbocycles. The highest BCUT2D eigenvalue weighted by Crippen LogP contribution is 2.10. The van der Waals surface area contributed by atoms with E-state index in [0.717, 1.165) is 25.7 Å². The van der Waals surface area contributed by atoms with Gasteiger partial charge in [-0.2, -0.15) is 0 Å². The number of unbranched alkanes of at least 4 members (excludes halogenated alkanes) is 11. The van der Waals surface area contributed by atoms with Crippen LogP contribution in [0.25, 0.3) is 0 Å². The maximum Gasteiger partial charge on any atom is 0.306 e. The number of hydrogen-bond donors (Lipinski definition) is 0. The smallest absolute Gasteiger partial charge is 0.306 e. The first kappa shape index (κ1) is 24.9. The van der Waals surface area contributed by atoms with Gasteiger partial charge in [0, 0.05) is 12.8 Å². The summed E-state index contributed by atoms with van der Waals surface area (Å²) in [6, 6.07) is 0. The molecule has 0 radical (unpaired) electrons. The second-order valence-electron chi connectivity index (χ2n) is 7.37. The number of esters is 2. The lowest BCUT2D eigenvalue weighted by atomic mass is 10.1. The van der Waals surface area contributed by atoms with E-state index in [-0.39, 0.29) is 24.6 Å². The lowest BCUT2D eigenvalue weighted by Crippen LogP contribution is -2.22. The third kappa shape index (κ3) is 17.8. The Morgan fingerprint density at radius 2 is 1.08 bits per heavy atom. The molecule has 0 bridgehead atoms. The monoisotopic (exact) mass is 370 g/mol. The summed E-state index contributed by atoms with van der Waals surface area (Å²) in [5, 5.41) is 0. The van der Waals surface area contributed by atoms with Gasteiger partial charge in [-0.05, 0) is 19.8 Å². The molecule has 1 atom stereocenters. The van der Waals surface area contributed by atoms with Gasteiger partial charge < -0.3 is 9.47 Å². The minimum absolute atomic E-state index is 0.164. The molecule has 0 amide bonds. The van der Waals surface area contributed by atoms with Crippen LogP contribution in [0.3, 0.4) is 0 Å². The van der Waals surface area contributed by atoms with E-state index in [9.17, 15) is 9.59 Å². The largest absolute Gasteiger partial charge is 0.462 e. The fraction of sp³-hybridized carbons (Fsp3) is 0.909. The van der Waals surface area contributed by atoms with E-state index in [0.29, 0.717) is 12.8 Å². The van der Waals surface area contributed by atoms with Gasteiger partial charge in [0.25, 0.3) is 0 Å². The molecular formula is C22H42O4. The van der Waals surface area contributed by atoms with Crippen molar-refractivity contribution in [1.29, 1.82) is 0 Å². The summed E-state index contributed by atoms with van der Waals surface area (Å²) >= 11 is 0. The van der Waals surface area contributed by atoms with Gasteiger partial charge in [-0.1, -0.05) is 84.5 Å². The quantitative estimate of drug-likeness (QED) is 0.208. The van der Waals surface area contributed by atoms with Gasteiger partial charge in [-0.25, -0.2) is 0 Å². The third-order valence-electron chi connectivity index (χ3n) is 4.53. The molecular weight excluding hydrogens is 328 g/mol. The summed E-state index contributed by atoms with van der Waals surface area (Å²) in [5.74, 6) is -0.367. The summed E-state index contributed by atoms with van der Waals surface area (Å²) in [5.41, 5.74) is 0. The predicted molar refractivity (Wildman–Crippen MR) is 107 cm³/mol. The second-order valence-corrected chi connectivity index (χ2v) is 7.37. The molecule has 26 heavy (non-hydrogen) atoms. The minimum Gasteiger partial charge on any atom is -0.462 e. The van der Waals surface area contributed by atoms with Gasteiger partial charge in [0.2, 0.25) is 0 Å². The summed E-state index contributed by atoms with van der Waals surface area (Å²) in [7, 11) is 0. The highest BCUT2D eigenvalue weighted by molar-refractivity contribution is 5.70. The summed E-state index contributed by atoms with van der Waals surface area (Å²) in [4.78, 5) is 23.4. The first-order valence-corrected chi connectivity index (χ1v) is 10.9. The van der Waals surface area contributed by atoms with Gasteiger partial charge in [0.15, 0.2) is 0 Å². The predicted octanol–water partition coefficient (Wildman–Crippen LogP) is 6.35. The molecule has 0 spiro atoms. The number of hydrogen-bond acceptors (Lipinski definition) is 4. The van der Waals surface area contributed by atoms with Gasteiger partial charge in [0.1, 0.15) is 12.7 Å². The van der Waals surface area contributed by atoms with Crippen LogP contribution in [0.2, 0.25) is 0 Å². The molecule has 0 N–H and O–H groups in total. The molecule has 0 rings (SSSR count). The van der Waals surface area contributed by atoms with Crippen molar-refractivity contribution in [3.05, 3.63) is 0 Å². The molecule has 0 heterocycles. The van der Waals surface area contributed by atoms with E-state index in [1.54, 1.807) is 6.92 Å². The molecule has 0 aromatic heterocycles. The lowest BCUT2D eigenvalue weighted by molar-refractivity contribution is -0.158. The molecule has 0 aromatic carbocycles. The zero-order chi connectivity index (χ0) is 19.5. The molecule has 0 fully saturated rings. The molecule has 0 aromatic rings. The molecule has 154 valence electrons. The Balaban J connectivity index is 3.51. The first-order chi connectivity index (χ1) is 12.6. The number of ether oxygens (including phenoxy) is 2. The molecule has 4 heteroatoms. The average Bonchev–Trinajstić information content (AvgIpc) is 2.62. The Labute approximate surface area is 161 Å². The van der Waals surface area contributed by atoms with Crippen molar-refractivity contribution >= 4 is 11.9 Å². The van der Waals surface area contributed by atoms with Crippen LogP contribution >= 0.6 is 0 Å². The summed E-state index contributed by atoms with van der Waals surface area (Å²) < 4.78 is 10.5. The fourth-order valence-corrected chi connectivity index (χ4v) is 2.88. The maximum absolute atomic E-state index is 11.8. The first-order valence-electron chi connectivity index (χ1n) is 10.9. The standard InChI is InChI=1S/C22H42O4/c1-4-6-8-10-12-14-16-18-22(24)26-20(3)19-25-21(23)17-15-13-11-9-7-5-2/h20H,4-19H2,1-3H3. The fourth-order valence-electron chi connectivity index (χ4n) is 2.88. The highest BCUT2D eigenvalue weighted by Gasteiger charge is 2.12. The van der Waals surface area contributed by atoms with E-state index in [4.69, 9.17) is 9.47 Å².